The number of aromatic nitrogens is 1. The number of methoxy groups -OCH3 is 2. The molecule has 0 bridgehead atoms. The number of hydrogen-bond acceptors (Lipinski definition) is 7. The number of pyridine rings is 1. The zero-order chi connectivity index (χ0) is 22.2. The maximum Gasteiger partial charge on any atom is 0.311 e. The van der Waals surface area contributed by atoms with E-state index in [4.69, 9.17) is 9.47 Å². The van der Waals surface area contributed by atoms with Crippen molar-refractivity contribution >= 4 is 23.1 Å². The first-order valence-corrected chi connectivity index (χ1v) is 9.47. The first-order chi connectivity index (χ1) is 15.0. The van der Waals surface area contributed by atoms with Crippen LogP contribution in [0.15, 0.2) is 60.8 Å². The Kier molecular flexibility index (Phi) is 7.00. The van der Waals surface area contributed by atoms with Gasteiger partial charge in [0, 0.05) is 18.2 Å². The Balaban J connectivity index is 1.55. The van der Waals surface area contributed by atoms with Crippen molar-refractivity contribution in [3.8, 4) is 11.5 Å². The highest BCUT2D eigenvalue weighted by Crippen LogP contribution is 2.27. The number of carbonyl (C=O) groups is 1. The molecule has 160 valence electrons. The van der Waals surface area contributed by atoms with E-state index in [1.54, 1.807) is 19.2 Å². The van der Waals surface area contributed by atoms with Gasteiger partial charge in [-0.05, 0) is 48.4 Å². The third kappa shape index (κ3) is 5.69. The van der Waals surface area contributed by atoms with Crippen LogP contribution >= 0.6 is 0 Å². The van der Waals surface area contributed by atoms with Crippen molar-refractivity contribution < 1.29 is 19.2 Å². The van der Waals surface area contributed by atoms with Crippen molar-refractivity contribution in [1.82, 2.24) is 4.98 Å². The summed E-state index contributed by atoms with van der Waals surface area (Å²) in [5.74, 6) is 1.10. The molecule has 2 aromatic carbocycles. The van der Waals surface area contributed by atoms with Gasteiger partial charge in [0.15, 0.2) is 5.75 Å². The summed E-state index contributed by atoms with van der Waals surface area (Å²) in [6, 6.07) is 15.3. The molecule has 0 saturated heterocycles. The summed E-state index contributed by atoms with van der Waals surface area (Å²) in [6.07, 6.45) is 2.34. The van der Waals surface area contributed by atoms with Crippen LogP contribution in [0.1, 0.15) is 15.9 Å². The van der Waals surface area contributed by atoms with Crippen LogP contribution in [0.25, 0.3) is 0 Å². The fourth-order valence-corrected chi connectivity index (χ4v) is 2.88. The normalized spacial score (nSPS) is 10.3. The SMILES string of the molecule is COc1ccc(CCNc2ccc(NC(=O)c3ccc(OC)c([N+](=O)[O-])c3)cn2)cc1. The fraction of sp³-hybridized carbons (Fsp3) is 0.182. The topological polar surface area (TPSA) is 116 Å². The lowest BCUT2D eigenvalue weighted by atomic mass is 10.1. The number of ether oxygens (including phenoxy) is 2. The predicted molar refractivity (Wildman–Crippen MR) is 117 cm³/mol. The minimum atomic E-state index is -0.594. The standard InChI is InChI=1S/C22H22N4O5/c1-30-18-7-3-15(4-8-18)11-12-23-21-10-6-17(14-24-21)25-22(27)16-5-9-20(31-2)19(13-16)26(28)29/h3-10,13-14H,11-12H2,1-2H3,(H,23,24)(H,25,27). The maximum atomic E-state index is 12.4. The van der Waals surface area contributed by atoms with Gasteiger partial charge in [-0.1, -0.05) is 12.1 Å². The number of amides is 1. The molecule has 3 rings (SSSR count). The summed E-state index contributed by atoms with van der Waals surface area (Å²) in [5.41, 5.74) is 1.52. The van der Waals surface area contributed by atoms with Crippen LogP contribution in [-0.2, 0) is 6.42 Å². The van der Waals surface area contributed by atoms with E-state index in [1.165, 1.54) is 37.1 Å². The molecule has 0 unspecified atom stereocenters. The van der Waals surface area contributed by atoms with Crippen LogP contribution in [0.5, 0.6) is 11.5 Å². The highest BCUT2D eigenvalue weighted by atomic mass is 16.6. The number of nitrogens with zero attached hydrogens (tertiary/aromatic N) is 2. The first-order valence-electron chi connectivity index (χ1n) is 9.47. The molecular weight excluding hydrogens is 400 g/mol. The van der Waals surface area contributed by atoms with E-state index in [2.05, 4.69) is 15.6 Å². The van der Waals surface area contributed by atoms with E-state index < -0.39 is 10.8 Å². The molecule has 31 heavy (non-hydrogen) atoms. The molecule has 0 aliphatic heterocycles. The lowest BCUT2D eigenvalue weighted by Crippen LogP contribution is -2.13. The van der Waals surface area contributed by atoms with E-state index in [-0.39, 0.29) is 17.0 Å². The maximum absolute atomic E-state index is 12.4. The Hall–Kier alpha value is -4.14. The molecule has 0 spiro atoms. The lowest BCUT2D eigenvalue weighted by molar-refractivity contribution is -0.385. The van der Waals surface area contributed by atoms with Crippen LogP contribution in [0.3, 0.4) is 0 Å². The Bertz CT molecular complexity index is 1050. The van der Waals surface area contributed by atoms with Crippen LogP contribution < -0.4 is 20.1 Å². The highest BCUT2D eigenvalue weighted by Gasteiger charge is 2.18. The van der Waals surface area contributed by atoms with Crippen molar-refractivity contribution in [1.29, 1.82) is 0 Å². The quantitative estimate of drug-likeness (QED) is 0.397. The van der Waals surface area contributed by atoms with Crippen LogP contribution in [0.4, 0.5) is 17.2 Å². The van der Waals surface area contributed by atoms with E-state index in [0.717, 1.165) is 12.2 Å². The average Bonchev–Trinajstić information content (AvgIpc) is 2.80. The number of carbonyl (C=O) groups excluding carboxylic acids is 1. The van der Waals surface area contributed by atoms with Gasteiger partial charge in [0.25, 0.3) is 5.91 Å². The molecule has 1 heterocycles. The number of nitro benzene ring substituents is 1. The minimum absolute atomic E-state index is 0.0910. The van der Waals surface area contributed by atoms with E-state index in [9.17, 15) is 14.9 Å². The molecule has 0 fully saturated rings. The first kappa shape index (κ1) is 21.6. The Morgan fingerprint density at radius 3 is 2.45 bits per heavy atom. The Labute approximate surface area is 179 Å². The molecule has 0 aliphatic carbocycles. The van der Waals surface area contributed by atoms with Gasteiger partial charge in [-0.25, -0.2) is 4.98 Å². The van der Waals surface area contributed by atoms with Gasteiger partial charge in [-0.3, -0.25) is 14.9 Å². The van der Waals surface area contributed by atoms with Crippen LogP contribution in [0, 0.1) is 10.1 Å². The van der Waals surface area contributed by atoms with Gasteiger partial charge < -0.3 is 20.1 Å². The zero-order valence-electron chi connectivity index (χ0n) is 17.1. The molecule has 2 N–H and O–H groups in total. The van der Waals surface area contributed by atoms with Gasteiger partial charge in [-0.15, -0.1) is 0 Å². The third-order valence-corrected chi connectivity index (χ3v) is 4.54. The summed E-state index contributed by atoms with van der Waals surface area (Å²) in [7, 11) is 2.97. The molecular formula is C22H22N4O5. The number of hydrogen-bond donors (Lipinski definition) is 2. The number of benzene rings is 2. The fourth-order valence-electron chi connectivity index (χ4n) is 2.88. The van der Waals surface area contributed by atoms with Crippen molar-refractivity contribution in [3.05, 3.63) is 82.0 Å². The van der Waals surface area contributed by atoms with Crippen molar-refractivity contribution in [2.45, 2.75) is 6.42 Å². The monoisotopic (exact) mass is 422 g/mol. The van der Waals surface area contributed by atoms with E-state index in [1.807, 2.05) is 24.3 Å². The van der Waals surface area contributed by atoms with E-state index >= 15 is 0 Å². The second-order valence-electron chi connectivity index (χ2n) is 6.55. The van der Waals surface area contributed by atoms with Crippen LogP contribution in [-0.4, -0.2) is 36.6 Å². The van der Waals surface area contributed by atoms with Gasteiger partial charge in [-0.2, -0.15) is 0 Å². The van der Waals surface area contributed by atoms with Gasteiger partial charge in [0.2, 0.25) is 0 Å². The Morgan fingerprint density at radius 1 is 1.06 bits per heavy atom. The van der Waals surface area contributed by atoms with Crippen LogP contribution in [0.2, 0.25) is 0 Å². The smallest absolute Gasteiger partial charge is 0.311 e. The number of nitrogens with one attached hydrogen (secondary N) is 2. The molecule has 3 aromatic rings. The summed E-state index contributed by atoms with van der Waals surface area (Å²) in [4.78, 5) is 27.2. The van der Waals surface area contributed by atoms with Gasteiger partial charge in [0.05, 0.1) is 31.0 Å². The zero-order valence-corrected chi connectivity index (χ0v) is 17.1. The molecule has 1 aromatic heterocycles. The lowest BCUT2D eigenvalue weighted by Gasteiger charge is -2.09. The second kappa shape index (κ2) is 10.1. The summed E-state index contributed by atoms with van der Waals surface area (Å²) < 4.78 is 10.1. The summed E-state index contributed by atoms with van der Waals surface area (Å²) in [6.45, 7) is 0.695. The molecule has 9 heteroatoms. The molecule has 1 amide bonds. The molecule has 0 atom stereocenters. The molecule has 9 nitrogen and oxygen atoms in total. The van der Waals surface area contributed by atoms with Crippen molar-refractivity contribution in [2.24, 2.45) is 0 Å². The number of anilines is 2. The minimum Gasteiger partial charge on any atom is -0.497 e. The number of rotatable bonds is 9. The largest absolute Gasteiger partial charge is 0.497 e. The highest BCUT2D eigenvalue weighted by molar-refractivity contribution is 6.04. The third-order valence-electron chi connectivity index (χ3n) is 4.54. The van der Waals surface area contributed by atoms with Crippen molar-refractivity contribution in [3.63, 3.8) is 0 Å². The second-order valence-corrected chi connectivity index (χ2v) is 6.55. The average molecular weight is 422 g/mol. The van der Waals surface area contributed by atoms with Gasteiger partial charge >= 0.3 is 5.69 Å². The molecule has 0 aliphatic rings. The Morgan fingerprint density at radius 2 is 1.84 bits per heavy atom. The molecule has 0 radical (unpaired) electrons. The number of nitro groups is 1. The summed E-state index contributed by atoms with van der Waals surface area (Å²) >= 11 is 0. The predicted octanol–water partition coefficient (Wildman–Crippen LogP) is 3.91. The molecule has 0 saturated carbocycles. The van der Waals surface area contributed by atoms with Gasteiger partial charge in [0.1, 0.15) is 11.6 Å². The van der Waals surface area contributed by atoms with Crippen molar-refractivity contribution in [2.75, 3.05) is 31.4 Å². The van der Waals surface area contributed by atoms with E-state index in [0.29, 0.717) is 18.1 Å². The summed E-state index contributed by atoms with van der Waals surface area (Å²) in [5, 5.41) is 17.0.